The van der Waals surface area contributed by atoms with Crippen molar-refractivity contribution in [2.75, 3.05) is 6.61 Å². The summed E-state index contributed by atoms with van der Waals surface area (Å²) in [5.41, 5.74) is 0. The first kappa shape index (κ1) is 10.3. The van der Waals surface area contributed by atoms with E-state index in [2.05, 4.69) is 22.4 Å². The lowest BCUT2D eigenvalue weighted by Crippen LogP contribution is -2.18. The van der Waals surface area contributed by atoms with Crippen LogP contribution in [0.1, 0.15) is 20.3 Å². The first-order valence-corrected chi connectivity index (χ1v) is 3.86. The van der Waals surface area contributed by atoms with Crippen molar-refractivity contribution < 1.29 is 9.53 Å². The number of isothiocyanates is 1. The van der Waals surface area contributed by atoms with Crippen LogP contribution in [-0.4, -0.2) is 23.8 Å². The Bertz CT molecular complexity index is 175. The maximum atomic E-state index is 10.9. The van der Waals surface area contributed by atoms with Gasteiger partial charge in [0, 0.05) is 0 Å². The monoisotopic (exact) mass is 173 g/mol. The molecule has 11 heavy (non-hydrogen) atoms. The summed E-state index contributed by atoms with van der Waals surface area (Å²) in [4.78, 5) is 14.5. The number of rotatable bonds is 4. The lowest BCUT2D eigenvalue weighted by atomic mass is 10.4. The second kappa shape index (κ2) is 6.01. The standard InChI is InChI=1S/C7H11NO2S/c1-3-4-10-7(9)6(2)8-5-11/h6H,3-4H2,1-2H3. The fourth-order valence-electron chi connectivity index (χ4n) is 0.455. The molecular formula is C7H11NO2S. The fraction of sp³-hybridized carbons (Fsp3) is 0.714. The minimum absolute atomic E-state index is 0.343. The van der Waals surface area contributed by atoms with Crippen molar-refractivity contribution in [2.24, 2.45) is 4.99 Å². The van der Waals surface area contributed by atoms with Gasteiger partial charge in [-0.1, -0.05) is 6.92 Å². The van der Waals surface area contributed by atoms with Crippen molar-refractivity contribution in [1.29, 1.82) is 0 Å². The van der Waals surface area contributed by atoms with Crippen LogP contribution in [0.25, 0.3) is 0 Å². The van der Waals surface area contributed by atoms with Gasteiger partial charge in [0.05, 0.1) is 11.8 Å². The SMILES string of the molecule is CCCOC(=O)C(C)N=C=S. The van der Waals surface area contributed by atoms with Gasteiger partial charge in [0.1, 0.15) is 0 Å². The highest BCUT2D eigenvalue weighted by molar-refractivity contribution is 7.78. The first-order valence-electron chi connectivity index (χ1n) is 3.46. The molecule has 0 amide bonds. The van der Waals surface area contributed by atoms with Crippen LogP contribution in [0.5, 0.6) is 0 Å². The zero-order chi connectivity index (χ0) is 8.69. The average molecular weight is 173 g/mol. The van der Waals surface area contributed by atoms with Gasteiger partial charge in [0.15, 0.2) is 6.04 Å². The summed E-state index contributed by atoms with van der Waals surface area (Å²) < 4.78 is 4.79. The molecule has 0 saturated heterocycles. The number of esters is 1. The van der Waals surface area contributed by atoms with E-state index in [1.807, 2.05) is 6.92 Å². The van der Waals surface area contributed by atoms with Gasteiger partial charge in [-0.05, 0) is 25.6 Å². The van der Waals surface area contributed by atoms with E-state index >= 15 is 0 Å². The van der Waals surface area contributed by atoms with Crippen molar-refractivity contribution in [3.8, 4) is 0 Å². The number of nitrogens with zero attached hydrogens (tertiary/aromatic N) is 1. The Labute approximate surface area is 71.5 Å². The van der Waals surface area contributed by atoms with E-state index in [9.17, 15) is 4.79 Å². The molecule has 0 N–H and O–H groups in total. The molecular weight excluding hydrogens is 162 g/mol. The molecule has 0 bridgehead atoms. The molecule has 0 heterocycles. The largest absolute Gasteiger partial charge is 0.464 e. The topological polar surface area (TPSA) is 38.7 Å². The highest BCUT2D eigenvalue weighted by atomic mass is 32.1. The lowest BCUT2D eigenvalue weighted by molar-refractivity contribution is -0.144. The highest BCUT2D eigenvalue weighted by Gasteiger charge is 2.10. The average Bonchev–Trinajstić information content (AvgIpc) is 2.00. The van der Waals surface area contributed by atoms with E-state index in [0.29, 0.717) is 6.61 Å². The number of ether oxygens (including phenoxy) is 1. The van der Waals surface area contributed by atoms with E-state index in [4.69, 9.17) is 4.74 Å². The Balaban J connectivity index is 3.73. The molecule has 3 nitrogen and oxygen atoms in total. The van der Waals surface area contributed by atoms with E-state index in [-0.39, 0.29) is 5.97 Å². The fourth-order valence-corrected chi connectivity index (χ4v) is 0.613. The van der Waals surface area contributed by atoms with E-state index in [0.717, 1.165) is 6.42 Å². The summed E-state index contributed by atoms with van der Waals surface area (Å²) in [5.74, 6) is -0.343. The Morgan fingerprint density at radius 1 is 1.82 bits per heavy atom. The molecule has 1 unspecified atom stereocenters. The van der Waals surface area contributed by atoms with Crippen LogP contribution < -0.4 is 0 Å². The van der Waals surface area contributed by atoms with Gasteiger partial charge in [-0.15, -0.1) is 0 Å². The summed E-state index contributed by atoms with van der Waals surface area (Å²) in [6.07, 6.45) is 0.819. The number of aliphatic imine (C=N–C) groups is 1. The summed E-state index contributed by atoms with van der Waals surface area (Å²) >= 11 is 4.34. The molecule has 0 aliphatic rings. The highest BCUT2D eigenvalue weighted by Crippen LogP contribution is 1.93. The van der Waals surface area contributed by atoms with Crippen LogP contribution in [0, 0.1) is 0 Å². The molecule has 0 aliphatic carbocycles. The number of carbonyl (C=O) groups is 1. The molecule has 0 fully saturated rings. The second-order valence-electron chi connectivity index (χ2n) is 2.06. The third kappa shape index (κ3) is 4.65. The molecule has 4 heteroatoms. The Morgan fingerprint density at radius 2 is 2.45 bits per heavy atom. The summed E-state index contributed by atoms with van der Waals surface area (Å²) in [5, 5.41) is 2.13. The maximum absolute atomic E-state index is 10.9. The van der Waals surface area contributed by atoms with Gasteiger partial charge < -0.3 is 4.74 Å². The Kier molecular flexibility index (Phi) is 5.61. The van der Waals surface area contributed by atoms with Crippen LogP contribution >= 0.6 is 12.2 Å². The molecule has 0 aromatic rings. The molecule has 0 spiro atoms. The summed E-state index contributed by atoms with van der Waals surface area (Å²) in [6.45, 7) is 3.99. The summed E-state index contributed by atoms with van der Waals surface area (Å²) in [6, 6.07) is -0.515. The van der Waals surface area contributed by atoms with Crippen molar-refractivity contribution in [2.45, 2.75) is 26.3 Å². The van der Waals surface area contributed by atoms with Crippen LogP contribution in [0.4, 0.5) is 0 Å². The molecule has 0 aromatic heterocycles. The van der Waals surface area contributed by atoms with Crippen molar-refractivity contribution in [1.82, 2.24) is 0 Å². The lowest BCUT2D eigenvalue weighted by Gasteiger charge is -2.03. The zero-order valence-electron chi connectivity index (χ0n) is 6.66. The van der Waals surface area contributed by atoms with Crippen LogP contribution in [0.15, 0.2) is 4.99 Å². The molecule has 0 aliphatic heterocycles. The number of thiocarbonyl (C=S) groups is 1. The second-order valence-corrected chi connectivity index (χ2v) is 2.25. The van der Waals surface area contributed by atoms with Gasteiger partial charge in [-0.2, -0.15) is 0 Å². The van der Waals surface area contributed by atoms with Gasteiger partial charge >= 0.3 is 5.97 Å². The van der Waals surface area contributed by atoms with Gasteiger partial charge in [0.2, 0.25) is 0 Å². The molecule has 0 rings (SSSR count). The van der Waals surface area contributed by atoms with Crippen molar-refractivity contribution in [3.63, 3.8) is 0 Å². The van der Waals surface area contributed by atoms with Crippen molar-refractivity contribution in [3.05, 3.63) is 0 Å². The van der Waals surface area contributed by atoms with Crippen LogP contribution in [-0.2, 0) is 9.53 Å². The van der Waals surface area contributed by atoms with Gasteiger partial charge in [0.25, 0.3) is 0 Å². The Morgan fingerprint density at radius 3 is 2.91 bits per heavy atom. The normalized spacial score (nSPS) is 11.5. The van der Waals surface area contributed by atoms with Gasteiger partial charge in [-0.25, -0.2) is 9.79 Å². The quantitative estimate of drug-likeness (QED) is 0.367. The minimum atomic E-state index is -0.515. The third-order valence-corrected chi connectivity index (χ3v) is 1.14. The number of hydrogen-bond donors (Lipinski definition) is 0. The molecule has 0 saturated carbocycles. The molecule has 62 valence electrons. The summed E-state index contributed by atoms with van der Waals surface area (Å²) in [7, 11) is 0. The molecule has 0 radical (unpaired) electrons. The predicted molar refractivity (Wildman–Crippen MR) is 45.7 cm³/mol. The van der Waals surface area contributed by atoms with Crippen LogP contribution in [0.3, 0.4) is 0 Å². The van der Waals surface area contributed by atoms with E-state index in [1.54, 1.807) is 6.92 Å². The molecule has 0 aromatic carbocycles. The Hall–Kier alpha value is -0.730. The first-order chi connectivity index (χ1) is 5.22. The van der Waals surface area contributed by atoms with Crippen molar-refractivity contribution >= 4 is 23.3 Å². The van der Waals surface area contributed by atoms with E-state index in [1.165, 1.54) is 0 Å². The maximum Gasteiger partial charge on any atom is 0.331 e. The number of hydrogen-bond acceptors (Lipinski definition) is 4. The molecule has 1 atom stereocenters. The smallest absolute Gasteiger partial charge is 0.331 e. The number of carbonyl (C=O) groups excluding carboxylic acids is 1. The third-order valence-electron chi connectivity index (χ3n) is 1.04. The zero-order valence-corrected chi connectivity index (χ0v) is 7.48. The van der Waals surface area contributed by atoms with E-state index < -0.39 is 6.04 Å². The van der Waals surface area contributed by atoms with Crippen LogP contribution in [0.2, 0.25) is 0 Å². The minimum Gasteiger partial charge on any atom is -0.464 e. The van der Waals surface area contributed by atoms with Gasteiger partial charge in [-0.3, -0.25) is 0 Å². The predicted octanol–water partition coefficient (Wildman–Crippen LogP) is 1.43.